The maximum absolute atomic E-state index is 14.0. The molecule has 1 atom stereocenters. The molecule has 0 amide bonds. The normalized spacial score (nSPS) is 15.3. The predicted octanol–water partition coefficient (Wildman–Crippen LogP) is 5.26. The molecule has 2 heterocycles. The third kappa shape index (κ3) is 5.18. The van der Waals surface area contributed by atoms with Gasteiger partial charge in [0.15, 0.2) is 5.69 Å². The Labute approximate surface area is 186 Å². The summed E-state index contributed by atoms with van der Waals surface area (Å²) in [6.07, 6.45) is -2.29. The number of anilines is 2. The number of alkyl halides is 3. The van der Waals surface area contributed by atoms with E-state index < -0.39 is 11.9 Å². The number of ether oxygens (including phenoxy) is 1. The van der Waals surface area contributed by atoms with Crippen molar-refractivity contribution in [2.75, 3.05) is 31.7 Å². The quantitative estimate of drug-likeness (QED) is 0.586. The summed E-state index contributed by atoms with van der Waals surface area (Å²) in [5, 5.41) is 0.519. The van der Waals surface area contributed by atoms with Crippen molar-refractivity contribution < 1.29 is 17.9 Å². The number of nitrogens with two attached hydrogens (primary N) is 1. The summed E-state index contributed by atoms with van der Waals surface area (Å²) in [5.41, 5.74) is 7.78. The van der Waals surface area contributed by atoms with Crippen LogP contribution in [0.1, 0.15) is 41.8 Å². The van der Waals surface area contributed by atoms with Gasteiger partial charge >= 0.3 is 6.18 Å². The Balaban J connectivity index is 2.09. The lowest BCUT2D eigenvalue weighted by atomic mass is 9.95. The molecule has 2 N–H and O–H groups in total. The second-order valence-electron chi connectivity index (χ2n) is 8.20. The van der Waals surface area contributed by atoms with Crippen molar-refractivity contribution in [1.82, 2.24) is 9.55 Å². The maximum atomic E-state index is 14.0. The van der Waals surface area contributed by atoms with Gasteiger partial charge in [0, 0.05) is 26.8 Å². The first-order chi connectivity index (χ1) is 14.7. The van der Waals surface area contributed by atoms with Gasteiger partial charge in [0.05, 0.1) is 16.4 Å². The van der Waals surface area contributed by atoms with Crippen molar-refractivity contribution in [2.24, 2.45) is 11.7 Å². The highest BCUT2D eigenvalue weighted by Crippen LogP contribution is 2.42. The monoisotopic (exact) mass is 458 g/mol. The van der Waals surface area contributed by atoms with Crippen LogP contribution in [-0.2, 0) is 23.9 Å². The van der Waals surface area contributed by atoms with Crippen LogP contribution >= 0.6 is 11.6 Å². The molecule has 3 rings (SSSR count). The van der Waals surface area contributed by atoms with Crippen molar-refractivity contribution in [1.29, 1.82) is 0 Å². The first kappa shape index (κ1) is 23.9. The van der Waals surface area contributed by atoms with Gasteiger partial charge in [-0.15, -0.1) is 0 Å². The molecule has 1 aliphatic rings. The lowest BCUT2D eigenvalue weighted by molar-refractivity contribution is -0.141. The number of hydrogen-bond donors (Lipinski definition) is 1. The fourth-order valence-corrected chi connectivity index (χ4v) is 4.86. The molecule has 0 radical (unpaired) electrons. The van der Waals surface area contributed by atoms with Gasteiger partial charge < -0.3 is 19.9 Å². The first-order valence-corrected chi connectivity index (χ1v) is 10.9. The third-order valence-corrected chi connectivity index (χ3v) is 6.07. The third-order valence-electron chi connectivity index (χ3n) is 5.78. The van der Waals surface area contributed by atoms with Crippen LogP contribution in [0.15, 0.2) is 12.1 Å². The molecule has 1 aliphatic heterocycles. The van der Waals surface area contributed by atoms with Gasteiger partial charge in [-0.1, -0.05) is 17.7 Å². The van der Waals surface area contributed by atoms with Gasteiger partial charge in [-0.25, -0.2) is 4.98 Å². The molecule has 0 saturated carbocycles. The van der Waals surface area contributed by atoms with Gasteiger partial charge in [-0.3, -0.25) is 0 Å². The van der Waals surface area contributed by atoms with Crippen molar-refractivity contribution >= 4 is 23.2 Å². The highest BCUT2D eigenvalue weighted by molar-refractivity contribution is 6.33. The Hall–Kier alpha value is -1.77. The van der Waals surface area contributed by atoms with Crippen LogP contribution in [0.25, 0.3) is 0 Å². The van der Waals surface area contributed by atoms with E-state index in [1.165, 1.54) is 0 Å². The van der Waals surface area contributed by atoms with E-state index in [0.29, 0.717) is 56.5 Å². The fraction of sp³-hybridized carbons (Fsp3) is 0.591. The van der Waals surface area contributed by atoms with Crippen molar-refractivity contribution in [3.05, 3.63) is 39.7 Å². The van der Waals surface area contributed by atoms with E-state index in [1.54, 1.807) is 11.7 Å². The van der Waals surface area contributed by atoms with Gasteiger partial charge in [0.25, 0.3) is 0 Å². The molecule has 9 heteroatoms. The van der Waals surface area contributed by atoms with Gasteiger partial charge in [-0.05, 0) is 69.2 Å². The minimum Gasteiger partial charge on any atom is -0.385 e. The zero-order valence-electron chi connectivity index (χ0n) is 18.2. The lowest BCUT2D eigenvalue weighted by Crippen LogP contribution is -2.30. The van der Waals surface area contributed by atoms with Crippen molar-refractivity contribution in [3.8, 4) is 0 Å². The smallest absolute Gasteiger partial charge is 0.385 e. The number of methoxy groups -OCH3 is 1. The molecule has 0 spiro atoms. The fourth-order valence-electron chi connectivity index (χ4n) is 4.44. The predicted molar refractivity (Wildman–Crippen MR) is 117 cm³/mol. The molecule has 1 unspecified atom stereocenters. The zero-order valence-corrected chi connectivity index (χ0v) is 19.0. The molecular formula is C22H30ClF3N4O. The Kier molecular flexibility index (Phi) is 7.55. The summed E-state index contributed by atoms with van der Waals surface area (Å²) in [5.74, 6) is 0.299. The van der Waals surface area contributed by atoms with Crippen molar-refractivity contribution in [2.45, 2.75) is 52.3 Å². The number of rotatable bonds is 8. The standard InChI is InChI=1S/C22H30ClF3N4O/c1-14-11-15(2)19(17(23)12-14)30-9-4-8-29-18(13-16(5-7-27)6-10-31-3)20(22(24,25)26)28-21(29)30/h11-12,16H,4-10,13,27H2,1-3H3. The van der Waals surface area contributed by atoms with Crippen molar-refractivity contribution in [3.63, 3.8) is 0 Å². The van der Waals surface area contributed by atoms with Crippen LogP contribution in [0.5, 0.6) is 0 Å². The van der Waals surface area contributed by atoms with Crippen LogP contribution in [0.4, 0.5) is 24.8 Å². The average molecular weight is 459 g/mol. The van der Waals surface area contributed by atoms with E-state index in [-0.39, 0.29) is 18.0 Å². The summed E-state index contributed by atoms with van der Waals surface area (Å²) in [6, 6.07) is 3.82. The number of aromatic nitrogens is 2. The molecular weight excluding hydrogens is 429 g/mol. The second-order valence-corrected chi connectivity index (χ2v) is 8.61. The molecule has 0 bridgehead atoms. The first-order valence-electron chi connectivity index (χ1n) is 10.6. The molecule has 172 valence electrons. The molecule has 2 aromatic rings. The van der Waals surface area contributed by atoms with E-state index >= 15 is 0 Å². The summed E-state index contributed by atoms with van der Waals surface area (Å²) >= 11 is 6.53. The van der Waals surface area contributed by atoms with E-state index in [0.717, 1.165) is 16.8 Å². The molecule has 31 heavy (non-hydrogen) atoms. The summed E-state index contributed by atoms with van der Waals surface area (Å²) in [7, 11) is 1.59. The van der Waals surface area contributed by atoms with E-state index in [1.807, 2.05) is 30.9 Å². The van der Waals surface area contributed by atoms with Crippen LogP contribution in [0, 0.1) is 19.8 Å². The number of halogens is 4. The Bertz CT molecular complexity index is 890. The van der Waals surface area contributed by atoms with Crippen LogP contribution in [0.2, 0.25) is 5.02 Å². The SMILES string of the molecule is COCCC(CCN)Cc1c(C(F)(F)F)nc2n1CCCN2c1c(C)cc(C)cc1Cl. The number of imidazole rings is 1. The molecule has 0 saturated heterocycles. The molecule has 1 aromatic carbocycles. The van der Waals surface area contributed by atoms with Gasteiger partial charge in [0.1, 0.15) is 0 Å². The second kappa shape index (κ2) is 9.79. The van der Waals surface area contributed by atoms with Crippen LogP contribution < -0.4 is 10.6 Å². The highest BCUT2D eigenvalue weighted by atomic mass is 35.5. The highest BCUT2D eigenvalue weighted by Gasteiger charge is 2.41. The van der Waals surface area contributed by atoms with Crippen LogP contribution in [0.3, 0.4) is 0 Å². The number of fused-ring (bicyclic) bond motifs is 1. The van der Waals surface area contributed by atoms with E-state index in [4.69, 9.17) is 22.1 Å². The van der Waals surface area contributed by atoms with Crippen LogP contribution in [-0.4, -0.2) is 36.4 Å². The molecule has 5 nitrogen and oxygen atoms in total. The summed E-state index contributed by atoms with van der Waals surface area (Å²) in [6.45, 7) is 5.82. The minimum atomic E-state index is -4.54. The number of aryl methyl sites for hydroxylation is 2. The van der Waals surface area contributed by atoms with E-state index in [9.17, 15) is 13.2 Å². The largest absolute Gasteiger partial charge is 0.435 e. The number of hydrogen-bond acceptors (Lipinski definition) is 4. The lowest BCUT2D eigenvalue weighted by Gasteiger charge is -2.32. The molecule has 0 fully saturated rings. The Morgan fingerprint density at radius 3 is 2.58 bits per heavy atom. The Morgan fingerprint density at radius 1 is 1.23 bits per heavy atom. The number of benzene rings is 1. The Morgan fingerprint density at radius 2 is 1.97 bits per heavy atom. The summed E-state index contributed by atoms with van der Waals surface area (Å²) in [4.78, 5) is 5.95. The molecule has 0 aliphatic carbocycles. The summed E-state index contributed by atoms with van der Waals surface area (Å²) < 4.78 is 48.9. The van der Waals surface area contributed by atoms with Gasteiger partial charge in [-0.2, -0.15) is 13.2 Å². The minimum absolute atomic E-state index is 0.00748. The van der Waals surface area contributed by atoms with Gasteiger partial charge in [0.2, 0.25) is 5.95 Å². The maximum Gasteiger partial charge on any atom is 0.435 e. The average Bonchev–Trinajstić information content (AvgIpc) is 3.05. The topological polar surface area (TPSA) is 56.3 Å². The van der Waals surface area contributed by atoms with E-state index in [2.05, 4.69) is 4.98 Å². The zero-order chi connectivity index (χ0) is 22.8. The molecule has 1 aromatic heterocycles. The number of nitrogens with zero attached hydrogens (tertiary/aromatic N) is 3.